The van der Waals surface area contributed by atoms with E-state index >= 15 is 0 Å². The Hall–Kier alpha value is -4.15. The highest BCUT2D eigenvalue weighted by Gasteiger charge is 2.21. The molecule has 4 rings (SSSR count). The van der Waals surface area contributed by atoms with Crippen molar-refractivity contribution in [3.8, 4) is 6.07 Å². The van der Waals surface area contributed by atoms with Crippen LogP contribution in [0.1, 0.15) is 22.3 Å². The third kappa shape index (κ3) is 4.24. The number of nitriles is 1. The van der Waals surface area contributed by atoms with E-state index in [1.165, 1.54) is 16.2 Å². The molecule has 1 aromatic heterocycles. The number of aryl methyl sites for hydroxylation is 3. The summed E-state index contributed by atoms with van der Waals surface area (Å²) in [6.07, 6.45) is 2.87. The lowest BCUT2D eigenvalue weighted by Gasteiger charge is -2.10. The number of benzene rings is 3. The van der Waals surface area contributed by atoms with E-state index in [9.17, 15) is 18.5 Å². The minimum Gasteiger partial charge on any atom is -0.321 e. The summed E-state index contributed by atoms with van der Waals surface area (Å²) in [5.74, 6) is -0.557. The van der Waals surface area contributed by atoms with Crippen LogP contribution in [0.25, 0.3) is 17.0 Å². The van der Waals surface area contributed by atoms with Crippen molar-refractivity contribution in [3.63, 3.8) is 0 Å². The van der Waals surface area contributed by atoms with E-state index in [4.69, 9.17) is 0 Å². The Kier molecular flexibility index (Phi) is 6.10. The molecule has 6 nitrogen and oxygen atoms in total. The Morgan fingerprint density at radius 2 is 1.59 bits per heavy atom. The number of para-hydroxylation sites is 2. The molecule has 1 N–H and O–H groups in total. The molecule has 0 fully saturated rings. The molecule has 1 amide bonds. The molecular weight excluding hydrogens is 446 g/mol. The maximum absolute atomic E-state index is 13.4. The van der Waals surface area contributed by atoms with Gasteiger partial charge in [-0.05, 0) is 56.2 Å². The highest BCUT2D eigenvalue weighted by Crippen LogP contribution is 2.28. The second-order valence-electron chi connectivity index (χ2n) is 8.11. The van der Waals surface area contributed by atoms with E-state index < -0.39 is 15.9 Å². The molecule has 0 saturated heterocycles. The molecule has 0 aliphatic heterocycles. The van der Waals surface area contributed by atoms with Crippen molar-refractivity contribution in [1.82, 2.24) is 3.97 Å². The largest absolute Gasteiger partial charge is 0.321 e. The fraction of sp³-hybridized carbons (Fsp3) is 0.111. The lowest BCUT2D eigenvalue weighted by atomic mass is 10.1. The quantitative estimate of drug-likeness (QED) is 0.315. The van der Waals surface area contributed by atoms with E-state index in [-0.39, 0.29) is 10.5 Å². The van der Waals surface area contributed by atoms with Crippen molar-refractivity contribution in [2.24, 2.45) is 0 Å². The van der Waals surface area contributed by atoms with Crippen LogP contribution in [0.3, 0.4) is 0 Å². The Morgan fingerprint density at radius 3 is 2.24 bits per heavy atom. The summed E-state index contributed by atoms with van der Waals surface area (Å²) in [7, 11) is -3.88. The zero-order chi connectivity index (χ0) is 24.5. The number of nitrogens with zero attached hydrogens (tertiary/aromatic N) is 2. The molecule has 0 atom stereocenters. The summed E-state index contributed by atoms with van der Waals surface area (Å²) < 4.78 is 27.9. The summed E-state index contributed by atoms with van der Waals surface area (Å²) in [5.41, 5.74) is 4.16. The van der Waals surface area contributed by atoms with Crippen molar-refractivity contribution in [3.05, 3.63) is 101 Å². The number of nitrogens with one attached hydrogen (secondary N) is 1. The fourth-order valence-corrected chi connectivity index (χ4v) is 5.19. The first-order valence-electron chi connectivity index (χ1n) is 10.6. The van der Waals surface area contributed by atoms with E-state index in [1.807, 2.05) is 45.0 Å². The summed E-state index contributed by atoms with van der Waals surface area (Å²) in [5, 5.41) is 13.1. The Balaban J connectivity index is 1.80. The van der Waals surface area contributed by atoms with Crippen LogP contribution in [-0.4, -0.2) is 18.3 Å². The molecule has 0 bridgehead atoms. The van der Waals surface area contributed by atoms with Crippen LogP contribution < -0.4 is 5.32 Å². The number of hydrogen-bond acceptors (Lipinski definition) is 4. The van der Waals surface area contributed by atoms with Gasteiger partial charge in [0.25, 0.3) is 15.9 Å². The van der Waals surface area contributed by atoms with Crippen LogP contribution in [0.5, 0.6) is 0 Å². The molecule has 1 heterocycles. The van der Waals surface area contributed by atoms with Gasteiger partial charge < -0.3 is 5.32 Å². The molecule has 0 spiro atoms. The molecule has 0 unspecified atom stereocenters. The predicted molar refractivity (Wildman–Crippen MR) is 134 cm³/mol. The second kappa shape index (κ2) is 9.00. The van der Waals surface area contributed by atoms with Gasteiger partial charge in [-0.1, -0.05) is 54.1 Å². The molecule has 7 heteroatoms. The third-order valence-electron chi connectivity index (χ3n) is 5.67. The van der Waals surface area contributed by atoms with Gasteiger partial charge >= 0.3 is 0 Å². The van der Waals surface area contributed by atoms with Crippen molar-refractivity contribution in [2.75, 3.05) is 5.32 Å². The summed E-state index contributed by atoms with van der Waals surface area (Å²) in [6.45, 7) is 5.64. The highest BCUT2D eigenvalue weighted by molar-refractivity contribution is 7.90. The average molecular weight is 470 g/mol. The molecule has 3 aromatic carbocycles. The standard InChI is InChI=1S/C27H23N3O3S/c1-18-11-13-23(14-12-18)34(32,33)30-17-22(24-9-4-5-10-25(24)30)15-21(16-28)27(31)29-26-19(2)7-6-8-20(26)3/h4-15,17H,1-3H3,(H,29,31). The molecular formula is C27H23N3O3S. The van der Waals surface area contributed by atoms with Crippen LogP contribution >= 0.6 is 0 Å². The number of aromatic nitrogens is 1. The maximum atomic E-state index is 13.4. The van der Waals surface area contributed by atoms with Crippen LogP contribution in [-0.2, 0) is 14.8 Å². The van der Waals surface area contributed by atoms with Gasteiger partial charge in [0.05, 0.1) is 10.4 Å². The molecule has 0 aliphatic rings. The molecule has 0 aliphatic carbocycles. The van der Waals surface area contributed by atoms with Crippen molar-refractivity contribution in [1.29, 1.82) is 5.26 Å². The monoisotopic (exact) mass is 469 g/mol. The maximum Gasteiger partial charge on any atom is 0.268 e. The summed E-state index contributed by atoms with van der Waals surface area (Å²) >= 11 is 0. The predicted octanol–water partition coefficient (Wildman–Crippen LogP) is 5.35. The van der Waals surface area contributed by atoms with Gasteiger partial charge in [0, 0.05) is 22.8 Å². The van der Waals surface area contributed by atoms with Gasteiger partial charge in [0.2, 0.25) is 0 Å². The molecule has 0 radical (unpaired) electrons. The first-order valence-corrected chi connectivity index (χ1v) is 12.1. The van der Waals surface area contributed by atoms with E-state index in [0.29, 0.717) is 22.2 Å². The van der Waals surface area contributed by atoms with Crippen LogP contribution in [0, 0.1) is 32.1 Å². The van der Waals surface area contributed by atoms with Gasteiger partial charge in [-0.3, -0.25) is 4.79 Å². The Morgan fingerprint density at radius 1 is 0.941 bits per heavy atom. The van der Waals surface area contributed by atoms with Gasteiger partial charge in [0.15, 0.2) is 0 Å². The van der Waals surface area contributed by atoms with E-state index in [0.717, 1.165) is 16.7 Å². The van der Waals surface area contributed by atoms with Gasteiger partial charge in [0.1, 0.15) is 11.6 Å². The Bertz CT molecular complexity index is 1570. The minimum atomic E-state index is -3.88. The number of carbonyl (C=O) groups excluding carboxylic acids is 1. The number of anilines is 1. The lowest BCUT2D eigenvalue weighted by molar-refractivity contribution is -0.112. The normalized spacial score (nSPS) is 11.9. The molecule has 4 aromatic rings. The first kappa shape index (κ1) is 23.0. The fourth-order valence-electron chi connectivity index (χ4n) is 3.81. The van der Waals surface area contributed by atoms with Crippen molar-refractivity contribution < 1.29 is 13.2 Å². The lowest BCUT2D eigenvalue weighted by Crippen LogP contribution is -2.15. The number of fused-ring (bicyclic) bond motifs is 1. The summed E-state index contributed by atoms with van der Waals surface area (Å²) in [4.78, 5) is 13.1. The number of hydrogen-bond donors (Lipinski definition) is 1. The zero-order valence-electron chi connectivity index (χ0n) is 19.0. The Labute approximate surface area is 198 Å². The van der Waals surface area contributed by atoms with Crippen LogP contribution in [0.2, 0.25) is 0 Å². The van der Waals surface area contributed by atoms with Crippen molar-refractivity contribution in [2.45, 2.75) is 25.7 Å². The average Bonchev–Trinajstić information content (AvgIpc) is 3.19. The van der Waals surface area contributed by atoms with Gasteiger partial charge in [-0.2, -0.15) is 5.26 Å². The number of carbonyl (C=O) groups is 1. The summed E-state index contributed by atoms with van der Waals surface area (Å²) in [6, 6.07) is 21.2. The zero-order valence-corrected chi connectivity index (χ0v) is 19.8. The smallest absolute Gasteiger partial charge is 0.268 e. The first-order chi connectivity index (χ1) is 16.2. The van der Waals surface area contributed by atoms with Crippen molar-refractivity contribution >= 4 is 38.6 Å². The SMILES string of the molecule is Cc1ccc(S(=O)(=O)n2cc(C=C(C#N)C(=O)Nc3c(C)cccc3C)c3ccccc32)cc1. The van der Waals surface area contributed by atoms with E-state index in [2.05, 4.69) is 5.32 Å². The van der Waals surface area contributed by atoms with Crippen LogP contribution in [0.15, 0.2) is 83.4 Å². The van der Waals surface area contributed by atoms with Crippen LogP contribution in [0.4, 0.5) is 5.69 Å². The van der Waals surface area contributed by atoms with Gasteiger partial charge in [-0.25, -0.2) is 12.4 Å². The molecule has 170 valence electrons. The highest BCUT2D eigenvalue weighted by atomic mass is 32.2. The topological polar surface area (TPSA) is 92.0 Å². The third-order valence-corrected chi connectivity index (χ3v) is 7.36. The number of rotatable bonds is 5. The molecule has 34 heavy (non-hydrogen) atoms. The second-order valence-corrected chi connectivity index (χ2v) is 9.92. The van der Waals surface area contributed by atoms with Gasteiger partial charge in [-0.15, -0.1) is 0 Å². The molecule has 0 saturated carbocycles. The van der Waals surface area contributed by atoms with E-state index in [1.54, 1.807) is 48.5 Å². The number of amides is 1. The minimum absolute atomic E-state index is 0.127.